The van der Waals surface area contributed by atoms with E-state index < -0.39 is 5.97 Å². The van der Waals surface area contributed by atoms with Gasteiger partial charge in [0.2, 0.25) is 0 Å². The minimum atomic E-state index is -0.476. The van der Waals surface area contributed by atoms with Gasteiger partial charge in [-0.05, 0) is 36.2 Å². The summed E-state index contributed by atoms with van der Waals surface area (Å²) in [4.78, 5) is 20.7. The first-order valence-electron chi connectivity index (χ1n) is 9.71. The summed E-state index contributed by atoms with van der Waals surface area (Å²) in [6.45, 7) is 3.28. The first-order valence-corrected chi connectivity index (χ1v) is 9.71. The third-order valence-electron chi connectivity index (χ3n) is 4.74. The summed E-state index contributed by atoms with van der Waals surface area (Å²) < 4.78 is 20.1. The smallest absolute Gasteiger partial charge is 0.337 e. The monoisotopic (exact) mass is 412 g/mol. The number of aryl methyl sites for hydroxylation is 1. The number of pyridine rings is 1. The maximum absolute atomic E-state index is 13.2. The SMILES string of the molecule is CCc1cnc(CNCc2cc(C(=O)OC)cc(CO)n2)n1Cc1ccc(F)cc1. The second-order valence-electron chi connectivity index (χ2n) is 6.82. The molecule has 0 unspecified atom stereocenters. The van der Waals surface area contributed by atoms with Crippen LogP contribution in [0.5, 0.6) is 0 Å². The van der Waals surface area contributed by atoms with E-state index >= 15 is 0 Å². The van der Waals surface area contributed by atoms with E-state index in [2.05, 4.69) is 26.8 Å². The van der Waals surface area contributed by atoms with Crippen molar-refractivity contribution >= 4 is 5.97 Å². The number of hydrogen-bond donors (Lipinski definition) is 2. The molecule has 8 heteroatoms. The highest BCUT2D eigenvalue weighted by Gasteiger charge is 2.12. The quantitative estimate of drug-likeness (QED) is 0.525. The van der Waals surface area contributed by atoms with Gasteiger partial charge in [-0.25, -0.2) is 14.2 Å². The van der Waals surface area contributed by atoms with Crippen LogP contribution in [0.1, 0.15) is 45.8 Å². The number of aliphatic hydroxyl groups is 1. The van der Waals surface area contributed by atoms with E-state index in [1.807, 2.05) is 6.20 Å². The van der Waals surface area contributed by atoms with E-state index in [9.17, 15) is 14.3 Å². The number of aromatic nitrogens is 3. The van der Waals surface area contributed by atoms with Crippen LogP contribution in [-0.4, -0.2) is 32.7 Å². The fourth-order valence-corrected chi connectivity index (χ4v) is 3.20. The Bertz CT molecular complexity index is 1000. The van der Waals surface area contributed by atoms with Gasteiger partial charge in [0.05, 0.1) is 37.2 Å². The average molecular weight is 412 g/mol. The number of ether oxygens (including phenoxy) is 1. The van der Waals surface area contributed by atoms with Crippen LogP contribution in [0.15, 0.2) is 42.6 Å². The molecule has 1 aromatic carbocycles. The molecule has 0 aliphatic carbocycles. The molecule has 3 aromatic rings. The van der Waals surface area contributed by atoms with Gasteiger partial charge >= 0.3 is 5.97 Å². The van der Waals surface area contributed by atoms with Crippen molar-refractivity contribution in [3.63, 3.8) is 0 Å². The van der Waals surface area contributed by atoms with E-state index in [0.717, 1.165) is 23.5 Å². The van der Waals surface area contributed by atoms with Crippen LogP contribution in [0.4, 0.5) is 4.39 Å². The Balaban J connectivity index is 1.71. The van der Waals surface area contributed by atoms with Gasteiger partial charge in [-0.1, -0.05) is 19.1 Å². The summed E-state index contributed by atoms with van der Waals surface area (Å²) in [5.41, 5.74) is 3.45. The molecule has 30 heavy (non-hydrogen) atoms. The van der Waals surface area contributed by atoms with Crippen LogP contribution in [0.2, 0.25) is 0 Å². The molecule has 0 fully saturated rings. The third-order valence-corrected chi connectivity index (χ3v) is 4.74. The molecule has 0 bridgehead atoms. The fourth-order valence-electron chi connectivity index (χ4n) is 3.20. The van der Waals surface area contributed by atoms with E-state index in [4.69, 9.17) is 4.74 Å². The topological polar surface area (TPSA) is 89.3 Å². The van der Waals surface area contributed by atoms with Gasteiger partial charge in [-0.2, -0.15) is 0 Å². The second-order valence-corrected chi connectivity index (χ2v) is 6.82. The number of halogens is 1. The molecule has 0 aliphatic heterocycles. The van der Waals surface area contributed by atoms with Crippen LogP contribution >= 0.6 is 0 Å². The van der Waals surface area contributed by atoms with Crippen molar-refractivity contribution < 1.29 is 19.0 Å². The van der Waals surface area contributed by atoms with Gasteiger partial charge in [-0.15, -0.1) is 0 Å². The van der Waals surface area contributed by atoms with Gasteiger partial charge < -0.3 is 19.7 Å². The Kier molecular flexibility index (Phi) is 7.26. The molecule has 0 aliphatic rings. The number of methoxy groups -OCH3 is 1. The third kappa shape index (κ3) is 5.28. The zero-order chi connectivity index (χ0) is 21.5. The van der Waals surface area contributed by atoms with Gasteiger partial charge in [-0.3, -0.25) is 4.98 Å². The molecule has 158 valence electrons. The number of hydrogen-bond acceptors (Lipinski definition) is 6. The van der Waals surface area contributed by atoms with Crippen LogP contribution in [0, 0.1) is 5.82 Å². The number of rotatable bonds is 9. The Morgan fingerprint density at radius 2 is 1.93 bits per heavy atom. The van der Waals surface area contributed by atoms with Gasteiger partial charge in [0.15, 0.2) is 0 Å². The molecule has 2 N–H and O–H groups in total. The molecule has 0 radical (unpaired) electrons. The number of nitrogens with one attached hydrogen (secondary N) is 1. The highest BCUT2D eigenvalue weighted by molar-refractivity contribution is 5.89. The van der Waals surface area contributed by atoms with Crippen molar-refractivity contribution in [3.05, 3.63) is 82.4 Å². The summed E-state index contributed by atoms with van der Waals surface area (Å²) >= 11 is 0. The molecule has 0 atom stereocenters. The van der Waals surface area contributed by atoms with Crippen LogP contribution in [-0.2, 0) is 37.4 Å². The number of nitrogens with zero attached hydrogens (tertiary/aromatic N) is 3. The molecule has 0 saturated heterocycles. The lowest BCUT2D eigenvalue weighted by atomic mass is 10.2. The van der Waals surface area contributed by atoms with E-state index in [-0.39, 0.29) is 12.4 Å². The number of aliphatic hydroxyl groups excluding tert-OH is 1. The summed E-state index contributed by atoms with van der Waals surface area (Å²) in [5, 5.41) is 12.7. The minimum Gasteiger partial charge on any atom is -0.465 e. The molecule has 2 heterocycles. The number of esters is 1. The predicted molar refractivity (Wildman–Crippen MR) is 109 cm³/mol. The molecular weight excluding hydrogens is 387 g/mol. The summed E-state index contributed by atoms with van der Waals surface area (Å²) in [6, 6.07) is 9.59. The summed E-state index contributed by atoms with van der Waals surface area (Å²) in [5.74, 6) is 0.115. The summed E-state index contributed by atoms with van der Waals surface area (Å²) in [7, 11) is 1.31. The van der Waals surface area contributed by atoms with Crippen molar-refractivity contribution in [3.8, 4) is 0 Å². The number of carbonyl (C=O) groups excluding carboxylic acids is 1. The lowest BCUT2D eigenvalue weighted by Gasteiger charge is -2.13. The Morgan fingerprint density at radius 3 is 2.60 bits per heavy atom. The minimum absolute atomic E-state index is 0.258. The van der Waals surface area contributed by atoms with Gasteiger partial charge in [0, 0.05) is 25.0 Å². The molecule has 2 aromatic heterocycles. The van der Waals surface area contributed by atoms with Gasteiger partial charge in [0.1, 0.15) is 11.6 Å². The average Bonchev–Trinajstić information content (AvgIpc) is 3.15. The standard InChI is InChI=1S/C22H25FN4O3/c1-3-20-11-25-21(27(20)13-15-4-6-17(23)7-5-15)12-24-10-18-8-16(22(29)30-2)9-19(14-28)26-18/h4-9,11,24,28H,3,10,12-14H2,1-2H3. The molecule has 3 rings (SSSR count). The van der Waals surface area contributed by atoms with Crippen molar-refractivity contribution in [1.29, 1.82) is 0 Å². The summed E-state index contributed by atoms with van der Waals surface area (Å²) in [6.07, 6.45) is 2.68. The second kappa shape index (κ2) is 10.1. The Labute approximate surface area is 174 Å². The number of benzene rings is 1. The Morgan fingerprint density at radius 1 is 1.20 bits per heavy atom. The first-order chi connectivity index (χ1) is 14.5. The molecular formula is C22H25FN4O3. The zero-order valence-electron chi connectivity index (χ0n) is 17.1. The first kappa shape index (κ1) is 21.6. The fraction of sp³-hybridized carbons (Fsp3) is 0.318. The Hall–Kier alpha value is -3.10. The highest BCUT2D eigenvalue weighted by atomic mass is 19.1. The van der Waals surface area contributed by atoms with Crippen molar-refractivity contribution in [2.45, 2.75) is 39.6 Å². The van der Waals surface area contributed by atoms with Crippen LogP contribution in [0.25, 0.3) is 0 Å². The lowest BCUT2D eigenvalue weighted by Crippen LogP contribution is -2.19. The van der Waals surface area contributed by atoms with Crippen molar-refractivity contribution in [2.75, 3.05) is 7.11 Å². The normalized spacial score (nSPS) is 10.9. The zero-order valence-corrected chi connectivity index (χ0v) is 17.1. The highest BCUT2D eigenvalue weighted by Crippen LogP contribution is 2.13. The number of imidazole rings is 1. The molecule has 0 amide bonds. The molecule has 0 spiro atoms. The number of carbonyl (C=O) groups is 1. The van der Waals surface area contributed by atoms with Crippen molar-refractivity contribution in [2.24, 2.45) is 0 Å². The van der Waals surface area contributed by atoms with Crippen LogP contribution in [0.3, 0.4) is 0 Å². The van der Waals surface area contributed by atoms with E-state index in [0.29, 0.717) is 36.6 Å². The predicted octanol–water partition coefficient (Wildman–Crippen LogP) is 2.60. The van der Waals surface area contributed by atoms with E-state index in [1.165, 1.54) is 25.3 Å². The molecule has 7 nitrogen and oxygen atoms in total. The van der Waals surface area contributed by atoms with Crippen LogP contribution < -0.4 is 5.32 Å². The molecule has 0 saturated carbocycles. The lowest BCUT2D eigenvalue weighted by molar-refractivity contribution is 0.0600. The maximum atomic E-state index is 13.2. The maximum Gasteiger partial charge on any atom is 0.337 e. The van der Waals surface area contributed by atoms with Gasteiger partial charge in [0.25, 0.3) is 0 Å². The van der Waals surface area contributed by atoms with E-state index in [1.54, 1.807) is 18.2 Å². The van der Waals surface area contributed by atoms with Crippen molar-refractivity contribution in [1.82, 2.24) is 19.9 Å². The largest absolute Gasteiger partial charge is 0.465 e.